The zero-order chi connectivity index (χ0) is 26.8. The van der Waals surface area contributed by atoms with E-state index in [1.807, 2.05) is 54.9 Å². The number of carbonyl (C=O) groups excluding carboxylic acids is 1. The quantitative estimate of drug-likeness (QED) is 0.319. The second-order valence-electron chi connectivity index (χ2n) is 9.34. The third-order valence-corrected chi connectivity index (χ3v) is 6.91. The number of rotatable bonds is 4. The number of nitrogens with zero attached hydrogens (tertiary/aromatic N) is 5. The zero-order valence-electron chi connectivity index (χ0n) is 21.6. The molecule has 1 aliphatic carbocycles. The van der Waals surface area contributed by atoms with Gasteiger partial charge in [0, 0.05) is 35.8 Å². The normalized spacial score (nSPS) is 13.4. The Morgan fingerprint density at radius 2 is 1.89 bits per heavy atom. The predicted octanol–water partition coefficient (Wildman–Crippen LogP) is 4.55. The number of ether oxygens (including phenoxy) is 1. The number of aromatic nitrogens is 6. The van der Waals surface area contributed by atoms with Gasteiger partial charge >= 0.3 is 11.8 Å². The SMILES string of the molecule is COC(N)=O.Cc1[nH]nc2ccc(-c3cccc(Nc4cc5c(cn4)n(C)c(=O)n5C4CCCC4)n3)cc12. The molecule has 4 N–H and O–H groups in total. The fourth-order valence-electron chi connectivity index (χ4n) is 4.93. The van der Waals surface area contributed by atoms with Crippen LogP contribution in [0.2, 0.25) is 0 Å². The van der Waals surface area contributed by atoms with Crippen molar-refractivity contribution in [3.05, 3.63) is 64.8 Å². The molecular formula is C27H30N8O3. The third kappa shape index (κ3) is 4.82. The molecule has 11 nitrogen and oxygen atoms in total. The highest BCUT2D eigenvalue weighted by molar-refractivity contribution is 5.86. The number of pyridine rings is 2. The molecule has 0 spiro atoms. The number of hydrogen-bond acceptors (Lipinski definition) is 7. The molecule has 1 amide bonds. The topological polar surface area (TPSA) is 146 Å². The summed E-state index contributed by atoms with van der Waals surface area (Å²) >= 11 is 0. The number of aryl methyl sites for hydroxylation is 2. The average Bonchev–Trinajstić information content (AvgIpc) is 3.64. The number of imidazole rings is 1. The fraction of sp³-hybridized carbons (Fsp3) is 0.296. The predicted molar refractivity (Wildman–Crippen MR) is 146 cm³/mol. The molecule has 6 rings (SSSR count). The molecule has 0 atom stereocenters. The van der Waals surface area contributed by atoms with Gasteiger partial charge in [-0.05, 0) is 44.0 Å². The van der Waals surface area contributed by atoms with Gasteiger partial charge in [-0.3, -0.25) is 14.2 Å². The van der Waals surface area contributed by atoms with Gasteiger partial charge in [0.1, 0.15) is 11.6 Å². The van der Waals surface area contributed by atoms with Crippen LogP contribution in [0.15, 0.2) is 53.5 Å². The summed E-state index contributed by atoms with van der Waals surface area (Å²) in [5, 5.41) is 11.8. The van der Waals surface area contributed by atoms with Gasteiger partial charge in [0.2, 0.25) is 0 Å². The summed E-state index contributed by atoms with van der Waals surface area (Å²) in [5.74, 6) is 1.37. The van der Waals surface area contributed by atoms with E-state index in [4.69, 9.17) is 4.98 Å². The Morgan fingerprint density at radius 3 is 2.63 bits per heavy atom. The summed E-state index contributed by atoms with van der Waals surface area (Å²) in [6, 6.07) is 14.3. The van der Waals surface area contributed by atoms with E-state index < -0.39 is 6.09 Å². The maximum atomic E-state index is 12.9. The minimum Gasteiger partial charge on any atom is -0.453 e. The summed E-state index contributed by atoms with van der Waals surface area (Å²) in [5.41, 5.74) is 10.1. The van der Waals surface area contributed by atoms with E-state index in [1.165, 1.54) is 20.0 Å². The van der Waals surface area contributed by atoms with Crippen LogP contribution in [0, 0.1) is 6.92 Å². The Labute approximate surface area is 218 Å². The van der Waals surface area contributed by atoms with Crippen LogP contribution in [-0.4, -0.2) is 42.5 Å². The lowest BCUT2D eigenvalue weighted by Crippen LogP contribution is -2.24. The first-order chi connectivity index (χ1) is 18.4. The highest BCUT2D eigenvalue weighted by Gasteiger charge is 2.23. The first-order valence-electron chi connectivity index (χ1n) is 12.4. The smallest absolute Gasteiger partial charge is 0.404 e. The van der Waals surface area contributed by atoms with Crippen LogP contribution in [-0.2, 0) is 11.8 Å². The number of anilines is 2. The van der Waals surface area contributed by atoms with Crippen molar-refractivity contribution in [3.8, 4) is 11.3 Å². The summed E-state index contributed by atoms with van der Waals surface area (Å²) in [6.07, 6.45) is 5.46. The number of nitrogens with two attached hydrogens (primary N) is 1. The lowest BCUT2D eigenvalue weighted by atomic mass is 10.1. The molecule has 0 bridgehead atoms. The number of hydrogen-bond donors (Lipinski definition) is 3. The highest BCUT2D eigenvalue weighted by atomic mass is 16.5. The molecule has 0 saturated heterocycles. The molecule has 11 heteroatoms. The number of amides is 1. The summed E-state index contributed by atoms with van der Waals surface area (Å²) in [4.78, 5) is 31.6. The van der Waals surface area contributed by atoms with Crippen LogP contribution in [0.4, 0.5) is 16.4 Å². The van der Waals surface area contributed by atoms with Crippen molar-refractivity contribution in [3.63, 3.8) is 0 Å². The molecule has 5 aromatic rings. The number of primary amides is 1. The summed E-state index contributed by atoms with van der Waals surface area (Å²) in [6.45, 7) is 2.01. The lowest BCUT2D eigenvalue weighted by Gasteiger charge is -2.12. The van der Waals surface area contributed by atoms with Gasteiger partial charge in [-0.1, -0.05) is 25.0 Å². The van der Waals surface area contributed by atoms with Crippen molar-refractivity contribution < 1.29 is 9.53 Å². The van der Waals surface area contributed by atoms with Crippen molar-refractivity contribution in [1.29, 1.82) is 0 Å². The van der Waals surface area contributed by atoms with Gasteiger partial charge in [0.15, 0.2) is 0 Å². The first kappa shape index (κ1) is 25.0. The molecule has 38 heavy (non-hydrogen) atoms. The average molecular weight is 515 g/mol. The Kier molecular flexibility index (Phi) is 6.82. The van der Waals surface area contributed by atoms with Gasteiger partial charge in [0.25, 0.3) is 0 Å². The van der Waals surface area contributed by atoms with Gasteiger partial charge in [-0.15, -0.1) is 0 Å². The molecule has 1 aliphatic rings. The van der Waals surface area contributed by atoms with Crippen molar-refractivity contribution in [2.24, 2.45) is 12.8 Å². The van der Waals surface area contributed by atoms with Crippen molar-refractivity contribution >= 4 is 39.7 Å². The molecule has 0 aliphatic heterocycles. The lowest BCUT2D eigenvalue weighted by molar-refractivity contribution is 0.182. The van der Waals surface area contributed by atoms with E-state index in [-0.39, 0.29) is 11.7 Å². The third-order valence-electron chi connectivity index (χ3n) is 6.91. The standard InChI is InChI=1S/C25H25N7O.C2H5NO2/c1-15-18-12-16(10-11-20(18)30-29-15)19-8-5-9-23(27-19)28-24-13-21-22(14-26-24)31(2)25(33)32(21)17-6-3-4-7-17;1-5-2(3)4/h5,8-14,17H,3-4,6-7H2,1-2H3,(H,29,30)(H,26,27,28);1H3,(H2,3,4). The summed E-state index contributed by atoms with van der Waals surface area (Å²) < 4.78 is 7.53. The largest absolute Gasteiger partial charge is 0.453 e. The maximum Gasteiger partial charge on any atom is 0.404 e. The maximum absolute atomic E-state index is 12.9. The molecule has 1 fully saturated rings. The number of aromatic amines is 1. The second kappa shape index (κ2) is 10.4. The van der Waals surface area contributed by atoms with E-state index >= 15 is 0 Å². The van der Waals surface area contributed by atoms with Crippen molar-refractivity contribution in [2.75, 3.05) is 12.4 Å². The van der Waals surface area contributed by atoms with Crippen LogP contribution < -0.4 is 16.7 Å². The van der Waals surface area contributed by atoms with Crippen LogP contribution in [0.3, 0.4) is 0 Å². The number of fused-ring (bicyclic) bond motifs is 2. The van der Waals surface area contributed by atoms with Crippen LogP contribution in [0.25, 0.3) is 33.2 Å². The minimum atomic E-state index is -0.745. The van der Waals surface area contributed by atoms with Crippen molar-refractivity contribution in [1.82, 2.24) is 29.3 Å². The van der Waals surface area contributed by atoms with E-state index in [9.17, 15) is 9.59 Å². The zero-order valence-corrected chi connectivity index (χ0v) is 21.6. The number of benzene rings is 1. The van der Waals surface area contributed by atoms with E-state index in [0.717, 1.165) is 51.7 Å². The molecule has 4 aromatic heterocycles. The van der Waals surface area contributed by atoms with E-state index in [1.54, 1.807) is 10.8 Å². The Morgan fingerprint density at radius 1 is 1.13 bits per heavy atom. The van der Waals surface area contributed by atoms with E-state index in [0.29, 0.717) is 11.6 Å². The first-order valence-corrected chi connectivity index (χ1v) is 12.4. The van der Waals surface area contributed by atoms with Crippen LogP contribution >= 0.6 is 0 Å². The summed E-state index contributed by atoms with van der Waals surface area (Å²) in [7, 11) is 3.04. The highest BCUT2D eigenvalue weighted by Crippen LogP contribution is 2.32. The van der Waals surface area contributed by atoms with Gasteiger partial charge in [-0.2, -0.15) is 5.10 Å². The molecule has 1 aromatic carbocycles. The van der Waals surface area contributed by atoms with Crippen LogP contribution in [0.5, 0.6) is 0 Å². The number of nitrogens with one attached hydrogen (secondary N) is 2. The molecular weight excluding hydrogens is 484 g/mol. The second-order valence-corrected chi connectivity index (χ2v) is 9.34. The van der Waals surface area contributed by atoms with Crippen molar-refractivity contribution in [2.45, 2.75) is 38.6 Å². The Balaban J connectivity index is 0.000000540. The van der Waals surface area contributed by atoms with E-state index in [2.05, 4.69) is 37.0 Å². The Bertz CT molecular complexity index is 1680. The number of methoxy groups -OCH3 is 1. The Hall–Kier alpha value is -4.67. The number of H-pyrrole nitrogens is 1. The monoisotopic (exact) mass is 514 g/mol. The number of carbonyl (C=O) groups is 1. The molecule has 1 saturated carbocycles. The van der Waals surface area contributed by atoms with Gasteiger partial charge in [-0.25, -0.2) is 19.6 Å². The molecule has 0 unspecified atom stereocenters. The molecule has 4 heterocycles. The van der Waals surface area contributed by atoms with Gasteiger partial charge < -0.3 is 15.8 Å². The molecule has 196 valence electrons. The minimum absolute atomic E-state index is 0.0286. The molecule has 0 radical (unpaired) electrons. The van der Waals surface area contributed by atoms with Gasteiger partial charge in [0.05, 0.1) is 35.6 Å². The van der Waals surface area contributed by atoms with Crippen LogP contribution in [0.1, 0.15) is 37.4 Å². The fourth-order valence-corrected chi connectivity index (χ4v) is 4.93.